The number of rotatable bonds is 4. The van der Waals surface area contributed by atoms with E-state index in [4.69, 9.17) is 5.11 Å². The standard InChI is InChI=1S/C12H14FN3O4/c1-16(2)9(17)6-14-12(20)15-8-5-3-4-7(13)10(8)11(18)19/h3-5H,6H2,1-2H3,(H,18,19)(H2,14,15,20). The normalized spacial score (nSPS) is 9.75. The van der Waals surface area contributed by atoms with Gasteiger partial charge in [0.1, 0.15) is 11.4 Å². The van der Waals surface area contributed by atoms with Gasteiger partial charge in [0, 0.05) is 14.1 Å². The lowest BCUT2D eigenvalue weighted by Gasteiger charge is -2.12. The number of hydrogen-bond acceptors (Lipinski definition) is 3. The van der Waals surface area contributed by atoms with Gasteiger partial charge >= 0.3 is 12.0 Å². The summed E-state index contributed by atoms with van der Waals surface area (Å²) < 4.78 is 13.4. The van der Waals surface area contributed by atoms with Crippen molar-refractivity contribution >= 4 is 23.6 Å². The third-order valence-electron chi connectivity index (χ3n) is 2.37. The number of carboxylic acid groups (broad SMARTS) is 1. The van der Waals surface area contributed by atoms with Crippen LogP contribution in [0.2, 0.25) is 0 Å². The largest absolute Gasteiger partial charge is 0.478 e. The summed E-state index contributed by atoms with van der Waals surface area (Å²) >= 11 is 0. The molecule has 1 rings (SSSR count). The molecule has 0 heterocycles. The lowest BCUT2D eigenvalue weighted by atomic mass is 10.1. The van der Waals surface area contributed by atoms with Gasteiger partial charge in [0.2, 0.25) is 5.91 Å². The molecule has 0 bridgehead atoms. The van der Waals surface area contributed by atoms with E-state index in [1.54, 1.807) is 0 Å². The van der Waals surface area contributed by atoms with Gasteiger partial charge in [-0.15, -0.1) is 0 Å². The Kier molecular flexibility index (Phi) is 5.01. The van der Waals surface area contributed by atoms with E-state index < -0.39 is 23.4 Å². The molecule has 0 aliphatic heterocycles. The number of anilines is 1. The second-order valence-electron chi connectivity index (χ2n) is 4.06. The first-order valence-electron chi connectivity index (χ1n) is 5.59. The van der Waals surface area contributed by atoms with Crippen LogP contribution in [-0.2, 0) is 4.79 Å². The number of urea groups is 1. The number of nitrogens with one attached hydrogen (secondary N) is 2. The number of aromatic carboxylic acids is 1. The molecule has 0 saturated carbocycles. The van der Waals surface area contributed by atoms with E-state index in [2.05, 4.69) is 10.6 Å². The summed E-state index contributed by atoms with van der Waals surface area (Å²) in [6.07, 6.45) is 0. The molecule has 0 aromatic heterocycles. The van der Waals surface area contributed by atoms with Crippen molar-refractivity contribution in [1.82, 2.24) is 10.2 Å². The molecule has 0 spiro atoms. The Bertz CT molecular complexity index is 546. The van der Waals surface area contributed by atoms with Gasteiger partial charge in [0.15, 0.2) is 0 Å². The van der Waals surface area contributed by atoms with Crippen molar-refractivity contribution in [3.8, 4) is 0 Å². The lowest BCUT2D eigenvalue weighted by Crippen LogP contribution is -2.38. The van der Waals surface area contributed by atoms with Crippen LogP contribution < -0.4 is 10.6 Å². The van der Waals surface area contributed by atoms with E-state index in [9.17, 15) is 18.8 Å². The maximum absolute atomic E-state index is 13.4. The molecule has 0 aliphatic carbocycles. The van der Waals surface area contributed by atoms with Crippen molar-refractivity contribution < 1.29 is 23.9 Å². The first-order valence-corrected chi connectivity index (χ1v) is 5.59. The van der Waals surface area contributed by atoms with E-state index >= 15 is 0 Å². The number of halogens is 1. The molecular formula is C12H14FN3O4. The molecule has 0 aliphatic rings. The number of carboxylic acids is 1. The Morgan fingerprint density at radius 1 is 1.30 bits per heavy atom. The summed E-state index contributed by atoms with van der Waals surface area (Å²) in [6, 6.07) is 2.69. The number of benzene rings is 1. The van der Waals surface area contributed by atoms with Gasteiger partial charge in [-0.1, -0.05) is 6.07 Å². The molecule has 8 heteroatoms. The van der Waals surface area contributed by atoms with Gasteiger partial charge in [-0.2, -0.15) is 0 Å². The van der Waals surface area contributed by atoms with Crippen molar-refractivity contribution in [1.29, 1.82) is 0 Å². The van der Waals surface area contributed by atoms with Crippen LogP contribution in [0.25, 0.3) is 0 Å². The highest BCUT2D eigenvalue weighted by atomic mass is 19.1. The number of likely N-dealkylation sites (N-methyl/N-ethyl adjacent to an activating group) is 1. The average Bonchev–Trinajstić information content (AvgIpc) is 2.35. The zero-order chi connectivity index (χ0) is 15.3. The lowest BCUT2D eigenvalue weighted by molar-refractivity contribution is -0.127. The Balaban J connectivity index is 2.74. The quantitative estimate of drug-likeness (QED) is 0.758. The molecule has 20 heavy (non-hydrogen) atoms. The summed E-state index contributed by atoms with van der Waals surface area (Å²) in [4.78, 5) is 35.0. The summed E-state index contributed by atoms with van der Waals surface area (Å²) in [7, 11) is 3.05. The van der Waals surface area contributed by atoms with Gasteiger partial charge in [-0.3, -0.25) is 4.79 Å². The van der Waals surface area contributed by atoms with E-state index in [0.29, 0.717) is 0 Å². The van der Waals surface area contributed by atoms with Gasteiger partial charge in [-0.25, -0.2) is 14.0 Å². The number of hydrogen-bond donors (Lipinski definition) is 3. The van der Waals surface area contributed by atoms with Crippen LogP contribution in [0.5, 0.6) is 0 Å². The first-order chi connectivity index (χ1) is 9.32. The van der Waals surface area contributed by atoms with Gasteiger partial charge in [0.05, 0.1) is 12.2 Å². The molecule has 7 nitrogen and oxygen atoms in total. The zero-order valence-corrected chi connectivity index (χ0v) is 10.9. The molecule has 3 N–H and O–H groups in total. The molecule has 0 saturated heterocycles. The molecule has 1 aromatic rings. The van der Waals surface area contributed by atoms with Crippen LogP contribution >= 0.6 is 0 Å². The second-order valence-corrected chi connectivity index (χ2v) is 4.06. The topological polar surface area (TPSA) is 98.7 Å². The fourth-order valence-electron chi connectivity index (χ4n) is 1.33. The Labute approximate surface area is 114 Å². The number of carbonyl (C=O) groups is 3. The first kappa shape index (κ1) is 15.4. The van der Waals surface area contributed by atoms with E-state index in [1.165, 1.54) is 31.1 Å². The maximum atomic E-state index is 13.4. The minimum absolute atomic E-state index is 0.188. The van der Waals surface area contributed by atoms with E-state index in [1.807, 2.05) is 0 Å². The molecule has 108 valence electrons. The minimum Gasteiger partial charge on any atom is -0.478 e. The summed E-state index contributed by atoms with van der Waals surface area (Å²) in [5.41, 5.74) is -0.825. The van der Waals surface area contributed by atoms with Crippen molar-refractivity contribution in [3.63, 3.8) is 0 Å². The average molecular weight is 283 g/mol. The van der Waals surface area contributed by atoms with Gasteiger partial charge in [0.25, 0.3) is 0 Å². The van der Waals surface area contributed by atoms with E-state index in [0.717, 1.165) is 6.07 Å². The van der Waals surface area contributed by atoms with Gasteiger partial charge < -0.3 is 20.6 Å². The number of nitrogens with zero attached hydrogens (tertiary/aromatic N) is 1. The van der Waals surface area contributed by atoms with Crippen LogP contribution in [0.15, 0.2) is 18.2 Å². The fourth-order valence-corrected chi connectivity index (χ4v) is 1.33. The predicted molar refractivity (Wildman–Crippen MR) is 69.1 cm³/mol. The summed E-state index contributed by atoms with van der Waals surface area (Å²) in [5, 5.41) is 13.3. The number of amides is 3. The molecule has 3 amide bonds. The highest BCUT2D eigenvalue weighted by Crippen LogP contribution is 2.18. The molecular weight excluding hydrogens is 269 g/mol. The third-order valence-corrected chi connectivity index (χ3v) is 2.37. The number of carbonyl (C=O) groups excluding carboxylic acids is 2. The van der Waals surface area contributed by atoms with Crippen molar-refractivity contribution in [2.24, 2.45) is 0 Å². The minimum atomic E-state index is -1.50. The molecule has 0 unspecified atom stereocenters. The van der Waals surface area contributed by atoms with E-state index in [-0.39, 0.29) is 18.1 Å². The van der Waals surface area contributed by atoms with Crippen LogP contribution in [-0.4, -0.2) is 48.6 Å². The highest BCUT2D eigenvalue weighted by molar-refractivity contribution is 6.00. The van der Waals surface area contributed by atoms with Crippen molar-refractivity contribution in [2.75, 3.05) is 26.0 Å². The van der Waals surface area contributed by atoms with Crippen LogP contribution in [0.1, 0.15) is 10.4 Å². The Hall–Kier alpha value is -2.64. The monoisotopic (exact) mass is 283 g/mol. The molecule has 0 atom stereocenters. The SMILES string of the molecule is CN(C)C(=O)CNC(=O)Nc1cccc(F)c1C(=O)O. The Morgan fingerprint density at radius 3 is 2.50 bits per heavy atom. The van der Waals surface area contributed by atoms with Crippen LogP contribution in [0, 0.1) is 5.82 Å². The smallest absolute Gasteiger partial charge is 0.340 e. The summed E-state index contributed by atoms with van der Waals surface area (Å²) in [6.45, 7) is -0.253. The summed E-state index contributed by atoms with van der Waals surface area (Å²) in [5.74, 6) is -2.79. The zero-order valence-electron chi connectivity index (χ0n) is 10.9. The molecule has 1 aromatic carbocycles. The van der Waals surface area contributed by atoms with Crippen molar-refractivity contribution in [2.45, 2.75) is 0 Å². The fraction of sp³-hybridized carbons (Fsp3) is 0.250. The van der Waals surface area contributed by atoms with Crippen LogP contribution in [0.3, 0.4) is 0 Å². The third kappa shape index (κ3) is 3.94. The Morgan fingerprint density at radius 2 is 1.95 bits per heavy atom. The van der Waals surface area contributed by atoms with Crippen LogP contribution in [0.4, 0.5) is 14.9 Å². The maximum Gasteiger partial charge on any atom is 0.340 e. The van der Waals surface area contributed by atoms with Gasteiger partial charge in [-0.05, 0) is 12.1 Å². The molecule has 0 radical (unpaired) electrons. The highest BCUT2D eigenvalue weighted by Gasteiger charge is 2.17. The molecule has 0 fully saturated rings. The predicted octanol–water partition coefficient (Wildman–Crippen LogP) is 0.734. The second kappa shape index (κ2) is 6.50. The van der Waals surface area contributed by atoms with Crippen molar-refractivity contribution in [3.05, 3.63) is 29.6 Å².